The summed E-state index contributed by atoms with van der Waals surface area (Å²) in [5.74, 6) is 1.68. The number of hydrogen-bond donors (Lipinski definition) is 0. The Kier molecular flexibility index (Phi) is 5.10. The summed E-state index contributed by atoms with van der Waals surface area (Å²) >= 11 is 0. The minimum absolute atomic E-state index is 0.0178. The van der Waals surface area contributed by atoms with Gasteiger partial charge in [0.1, 0.15) is 5.75 Å². The van der Waals surface area contributed by atoms with Crippen molar-refractivity contribution >= 4 is 22.8 Å². The van der Waals surface area contributed by atoms with Crippen LogP contribution in [0.25, 0.3) is 11.0 Å². The summed E-state index contributed by atoms with van der Waals surface area (Å²) in [6, 6.07) is 15.6. The second-order valence-electron chi connectivity index (χ2n) is 7.04. The molecule has 0 unspecified atom stereocenters. The lowest BCUT2D eigenvalue weighted by atomic mass is 10.2. The number of carbonyl (C=O) groups excluding carboxylic acids is 1. The Morgan fingerprint density at radius 1 is 0.929 bits per heavy atom. The monoisotopic (exact) mass is 376 g/mol. The van der Waals surface area contributed by atoms with Crippen molar-refractivity contribution in [2.75, 3.05) is 37.7 Å². The van der Waals surface area contributed by atoms with E-state index < -0.39 is 0 Å². The van der Waals surface area contributed by atoms with Crippen molar-refractivity contribution in [3.63, 3.8) is 0 Å². The van der Waals surface area contributed by atoms with E-state index in [2.05, 4.69) is 9.88 Å². The van der Waals surface area contributed by atoms with Crippen molar-refractivity contribution in [1.29, 1.82) is 0 Å². The fourth-order valence-electron chi connectivity index (χ4n) is 3.50. The molecule has 0 radical (unpaired) electrons. The number of anilines is 1. The van der Waals surface area contributed by atoms with Crippen molar-refractivity contribution in [2.24, 2.45) is 0 Å². The van der Waals surface area contributed by atoms with Crippen LogP contribution in [-0.4, -0.2) is 53.6 Å². The van der Waals surface area contributed by atoms with Gasteiger partial charge in [-0.15, -0.1) is 0 Å². The molecule has 1 amide bonds. The van der Waals surface area contributed by atoms with Gasteiger partial charge in [0, 0.05) is 26.2 Å². The molecule has 1 aliphatic rings. The first-order chi connectivity index (χ1) is 13.6. The van der Waals surface area contributed by atoms with Crippen molar-refractivity contribution < 1.29 is 9.53 Å². The molecule has 0 N–H and O–H groups in total. The molecule has 4 rings (SSSR count). The van der Waals surface area contributed by atoms with Gasteiger partial charge in [0.2, 0.25) is 0 Å². The third-order valence-electron chi connectivity index (χ3n) is 5.10. The number of aryl methyl sites for hydroxylation is 2. The minimum Gasteiger partial charge on any atom is -0.484 e. The highest BCUT2D eigenvalue weighted by Crippen LogP contribution is 2.21. The van der Waals surface area contributed by atoms with Gasteiger partial charge < -0.3 is 14.5 Å². The van der Waals surface area contributed by atoms with Crippen molar-refractivity contribution in [3.8, 4) is 5.75 Å². The zero-order valence-corrected chi connectivity index (χ0v) is 16.3. The van der Waals surface area contributed by atoms with Gasteiger partial charge in [-0.1, -0.05) is 30.3 Å². The standard InChI is InChI=1S/C22H24N4O2/c1-16-7-3-6-10-20(16)28-15-21(27)25-11-13-26(14-12-25)22-17(2)23-18-8-4-5-9-19(18)24-22/h3-10H,11-15H2,1-2H3. The van der Waals surface area contributed by atoms with Crippen molar-refractivity contribution in [1.82, 2.24) is 14.9 Å². The van der Waals surface area contributed by atoms with Crippen molar-refractivity contribution in [2.45, 2.75) is 13.8 Å². The van der Waals surface area contributed by atoms with Crippen LogP contribution in [0.15, 0.2) is 48.5 Å². The number of aromatic nitrogens is 2. The van der Waals surface area contributed by atoms with Gasteiger partial charge in [-0.25, -0.2) is 9.97 Å². The van der Waals surface area contributed by atoms with Crippen LogP contribution < -0.4 is 9.64 Å². The van der Waals surface area contributed by atoms with Crippen LogP contribution in [0, 0.1) is 13.8 Å². The molecule has 0 aliphatic carbocycles. The third kappa shape index (κ3) is 3.76. The van der Waals surface area contributed by atoms with Gasteiger partial charge in [0.25, 0.3) is 5.91 Å². The summed E-state index contributed by atoms with van der Waals surface area (Å²) in [5.41, 5.74) is 3.76. The molecule has 1 fully saturated rings. The molecule has 144 valence electrons. The zero-order chi connectivity index (χ0) is 19.5. The van der Waals surface area contributed by atoms with Crippen LogP contribution in [0.2, 0.25) is 0 Å². The molecular weight excluding hydrogens is 352 g/mol. The predicted octanol–water partition coefficient (Wildman–Crippen LogP) is 2.97. The van der Waals surface area contributed by atoms with Gasteiger partial charge in [-0.2, -0.15) is 0 Å². The molecule has 2 aromatic carbocycles. The molecule has 0 bridgehead atoms. The molecule has 1 aliphatic heterocycles. The Hall–Kier alpha value is -3.15. The van der Waals surface area contributed by atoms with Crippen LogP contribution in [0.5, 0.6) is 5.75 Å². The number of fused-ring (bicyclic) bond motifs is 1. The summed E-state index contributed by atoms with van der Waals surface area (Å²) in [5, 5.41) is 0. The summed E-state index contributed by atoms with van der Waals surface area (Å²) in [6.07, 6.45) is 0. The Morgan fingerprint density at radius 2 is 1.57 bits per heavy atom. The van der Waals surface area contributed by atoms with E-state index in [0.717, 1.165) is 46.9 Å². The first-order valence-corrected chi connectivity index (χ1v) is 9.56. The van der Waals surface area contributed by atoms with Crippen LogP contribution in [0.1, 0.15) is 11.3 Å². The van der Waals surface area contributed by atoms with Crippen LogP contribution in [0.4, 0.5) is 5.82 Å². The maximum atomic E-state index is 12.5. The molecule has 3 aromatic rings. The van der Waals surface area contributed by atoms with Crippen LogP contribution in [-0.2, 0) is 4.79 Å². The van der Waals surface area contributed by atoms with E-state index >= 15 is 0 Å². The van der Waals surface area contributed by atoms with E-state index in [1.165, 1.54) is 0 Å². The van der Waals surface area contributed by atoms with E-state index in [-0.39, 0.29) is 12.5 Å². The number of benzene rings is 2. The molecule has 0 spiro atoms. The number of amides is 1. The number of carbonyl (C=O) groups is 1. The Balaban J connectivity index is 1.37. The summed E-state index contributed by atoms with van der Waals surface area (Å²) in [7, 11) is 0. The number of ether oxygens (including phenoxy) is 1. The molecule has 0 saturated carbocycles. The maximum Gasteiger partial charge on any atom is 0.260 e. The lowest BCUT2D eigenvalue weighted by Crippen LogP contribution is -2.50. The van der Waals surface area contributed by atoms with E-state index in [1.807, 2.05) is 67.3 Å². The number of para-hydroxylation sites is 3. The van der Waals surface area contributed by atoms with Gasteiger partial charge in [-0.05, 0) is 37.6 Å². The summed E-state index contributed by atoms with van der Waals surface area (Å²) < 4.78 is 5.70. The molecule has 28 heavy (non-hydrogen) atoms. The first-order valence-electron chi connectivity index (χ1n) is 9.56. The molecule has 2 heterocycles. The number of rotatable bonds is 4. The average molecular weight is 376 g/mol. The zero-order valence-electron chi connectivity index (χ0n) is 16.3. The summed E-state index contributed by atoms with van der Waals surface area (Å²) in [6.45, 7) is 6.83. The van der Waals surface area contributed by atoms with E-state index in [9.17, 15) is 4.79 Å². The number of nitrogens with zero attached hydrogens (tertiary/aromatic N) is 4. The van der Waals surface area contributed by atoms with E-state index in [0.29, 0.717) is 13.1 Å². The third-order valence-corrected chi connectivity index (χ3v) is 5.10. The molecule has 6 heteroatoms. The van der Waals surface area contributed by atoms with Gasteiger partial charge in [0.15, 0.2) is 12.4 Å². The highest BCUT2D eigenvalue weighted by atomic mass is 16.5. The fraction of sp³-hybridized carbons (Fsp3) is 0.318. The lowest BCUT2D eigenvalue weighted by Gasteiger charge is -2.35. The second-order valence-corrected chi connectivity index (χ2v) is 7.04. The minimum atomic E-state index is 0.0178. The molecule has 1 saturated heterocycles. The van der Waals surface area contributed by atoms with Crippen LogP contribution in [0.3, 0.4) is 0 Å². The fourth-order valence-corrected chi connectivity index (χ4v) is 3.50. The largest absolute Gasteiger partial charge is 0.484 e. The maximum absolute atomic E-state index is 12.5. The molecule has 6 nitrogen and oxygen atoms in total. The Labute approximate surface area is 164 Å². The normalized spacial score (nSPS) is 14.4. The average Bonchev–Trinajstić information content (AvgIpc) is 2.72. The smallest absolute Gasteiger partial charge is 0.260 e. The highest BCUT2D eigenvalue weighted by Gasteiger charge is 2.23. The van der Waals surface area contributed by atoms with E-state index in [1.54, 1.807) is 0 Å². The number of hydrogen-bond acceptors (Lipinski definition) is 5. The molecule has 0 atom stereocenters. The van der Waals surface area contributed by atoms with Gasteiger partial charge in [0.05, 0.1) is 16.7 Å². The van der Waals surface area contributed by atoms with Crippen molar-refractivity contribution in [3.05, 3.63) is 59.8 Å². The Bertz CT molecular complexity index is 997. The summed E-state index contributed by atoms with van der Waals surface area (Å²) in [4.78, 5) is 26.1. The van der Waals surface area contributed by atoms with Crippen LogP contribution >= 0.6 is 0 Å². The molecule has 1 aromatic heterocycles. The number of piperazine rings is 1. The topological polar surface area (TPSA) is 58.6 Å². The Morgan fingerprint density at radius 3 is 2.29 bits per heavy atom. The van der Waals surface area contributed by atoms with Gasteiger partial charge >= 0.3 is 0 Å². The van der Waals surface area contributed by atoms with E-state index in [4.69, 9.17) is 9.72 Å². The predicted molar refractivity (Wildman–Crippen MR) is 110 cm³/mol. The second kappa shape index (κ2) is 7.84. The van der Waals surface area contributed by atoms with Gasteiger partial charge in [-0.3, -0.25) is 4.79 Å². The lowest BCUT2D eigenvalue weighted by molar-refractivity contribution is -0.133. The highest BCUT2D eigenvalue weighted by molar-refractivity contribution is 5.78. The first kappa shape index (κ1) is 18.2. The quantitative estimate of drug-likeness (QED) is 0.701. The SMILES string of the molecule is Cc1ccccc1OCC(=O)N1CCN(c2nc3ccccc3nc2C)CC1. The molecular formula is C22H24N4O2.